The molecule has 150 valence electrons. The van der Waals surface area contributed by atoms with Crippen LogP contribution >= 0.6 is 0 Å². The monoisotopic (exact) mass is 401 g/mol. The SMILES string of the molecule is Cc1ccc(C)c(S(=O)(=O)NCC(=O)N2CCN(c3ccccc3C)CC2)c1. The van der Waals surface area contributed by atoms with Gasteiger partial charge in [0.15, 0.2) is 0 Å². The van der Waals surface area contributed by atoms with E-state index in [-0.39, 0.29) is 17.3 Å². The Morgan fingerprint density at radius 3 is 2.32 bits per heavy atom. The summed E-state index contributed by atoms with van der Waals surface area (Å²) in [4.78, 5) is 16.7. The van der Waals surface area contributed by atoms with Crippen molar-refractivity contribution >= 4 is 21.6 Å². The zero-order valence-corrected chi connectivity index (χ0v) is 17.4. The molecule has 6 nitrogen and oxygen atoms in total. The van der Waals surface area contributed by atoms with Gasteiger partial charge in [-0.2, -0.15) is 0 Å². The number of hydrogen-bond acceptors (Lipinski definition) is 4. The van der Waals surface area contributed by atoms with Crippen LogP contribution < -0.4 is 9.62 Å². The lowest BCUT2D eigenvalue weighted by molar-refractivity contribution is -0.130. The minimum Gasteiger partial charge on any atom is -0.368 e. The molecule has 28 heavy (non-hydrogen) atoms. The molecule has 1 amide bonds. The van der Waals surface area contributed by atoms with Gasteiger partial charge in [0.2, 0.25) is 15.9 Å². The number of piperazine rings is 1. The van der Waals surface area contributed by atoms with Crippen molar-refractivity contribution in [1.29, 1.82) is 0 Å². The van der Waals surface area contributed by atoms with Crippen molar-refractivity contribution < 1.29 is 13.2 Å². The van der Waals surface area contributed by atoms with Crippen LogP contribution in [0.4, 0.5) is 5.69 Å². The predicted molar refractivity (Wildman–Crippen MR) is 111 cm³/mol. The molecule has 1 saturated heterocycles. The molecule has 0 aliphatic carbocycles. The van der Waals surface area contributed by atoms with Crippen molar-refractivity contribution in [2.24, 2.45) is 0 Å². The summed E-state index contributed by atoms with van der Waals surface area (Å²) in [6.07, 6.45) is 0. The van der Waals surface area contributed by atoms with Gasteiger partial charge < -0.3 is 9.80 Å². The summed E-state index contributed by atoms with van der Waals surface area (Å²) in [5, 5.41) is 0. The van der Waals surface area contributed by atoms with Gasteiger partial charge in [-0.15, -0.1) is 0 Å². The molecule has 1 N–H and O–H groups in total. The van der Waals surface area contributed by atoms with Crippen LogP contribution in [0.2, 0.25) is 0 Å². The van der Waals surface area contributed by atoms with Crippen LogP contribution in [-0.4, -0.2) is 51.9 Å². The Balaban J connectivity index is 1.57. The van der Waals surface area contributed by atoms with Crippen molar-refractivity contribution in [3.8, 4) is 0 Å². The van der Waals surface area contributed by atoms with E-state index in [0.29, 0.717) is 18.7 Å². The third-order valence-electron chi connectivity index (χ3n) is 5.14. The maximum Gasteiger partial charge on any atom is 0.241 e. The van der Waals surface area contributed by atoms with Gasteiger partial charge in [-0.3, -0.25) is 4.79 Å². The number of carbonyl (C=O) groups excluding carboxylic acids is 1. The van der Waals surface area contributed by atoms with E-state index in [4.69, 9.17) is 0 Å². The van der Waals surface area contributed by atoms with Crippen LogP contribution in [0, 0.1) is 20.8 Å². The van der Waals surface area contributed by atoms with E-state index in [9.17, 15) is 13.2 Å². The first kappa shape index (κ1) is 20.4. The number of para-hydroxylation sites is 1. The van der Waals surface area contributed by atoms with Crippen LogP contribution in [0.15, 0.2) is 47.4 Å². The van der Waals surface area contributed by atoms with Gasteiger partial charge >= 0.3 is 0 Å². The summed E-state index contributed by atoms with van der Waals surface area (Å²) in [5.74, 6) is -0.196. The average Bonchev–Trinajstić information content (AvgIpc) is 2.68. The predicted octanol–water partition coefficient (Wildman–Crippen LogP) is 2.24. The fraction of sp³-hybridized carbons (Fsp3) is 0.381. The van der Waals surface area contributed by atoms with E-state index in [0.717, 1.165) is 18.7 Å². The van der Waals surface area contributed by atoms with E-state index in [1.54, 1.807) is 24.0 Å². The van der Waals surface area contributed by atoms with Crippen LogP contribution in [0.1, 0.15) is 16.7 Å². The van der Waals surface area contributed by atoms with Crippen molar-refractivity contribution in [2.45, 2.75) is 25.7 Å². The van der Waals surface area contributed by atoms with Gasteiger partial charge in [0.05, 0.1) is 11.4 Å². The summed E-state index contributed by atoms with van der Waals surface area (Å²) in [7, 11) is -3.71. The van der Waals surface area contributed by atoms with E-state index >= 15 is 0 Å². The third kappa shape index (κ3) is 4.54. The number of benzene rings is 2. The van der Waals surface area contributed by atoms with Crippen LogP contribution in [-0.2, 0) is 14.8 Å². The van der Waals surface area contributed by atoms with E-state index in [1.165, 1.54) is 11.3 Å². The number of nitrogens with zero attached hydrogens (tertiary/aromatic N) is 2. The molecule has 0 atom stereocenters. The highest BCUT2D eigenvalue weighted by molar-refractivity contribution is 7.89. The maximum atomic E-state index is 12.6. The third-order valence-corrected chi connectivity index (χ3v) is 6.68. The Kier molecular flexibility index (Phi) is 6.05. The van der Waals surface area contributed by atoms with Crippen LogP contribution in [0.3, 0.4) is 0 Å². The molecule has 1 fully saturated rings. The van der Waals surface area contributed by atoms with Crippen molar-refractivity contribution in [3.05, 3.63) is 59.2 Å². The fourth-order valence-corrected chi connectivity index (χ4v) is 4.76. The first-order chi connectivity index (χ1) is 13.3. The maximum absolute atomic E-state index is 12.6. The molecule has 2 aromatic carbocycles. The molecule has 3 rings (SSSR count). The topological polar surface area (TPSA) is 69.7 Å². The number of hydrogen-bond donors (Lipinski definition) is 1. The molecule has 0 spiro atoms. The van der Waals surface area contributed by atoms with Gasteiger partial charge in [0.1, 0.15) is 0 Å². The van der Waals surface area contributed by atoms with Gasteiger partial charge in [-0.05, 0) is 49.6 Å². The number of anilines is 1. The van der Waals surface area contributed by atoms with Gasteiger partial charge in [0, 0.05) is 31.9 Å². The van der Waals surface area contributed by atoms with Crippen molar-refractivity contribution in [1.82, 2.24) is 9.62 Å². The Labute approximate surface area is 167 Å². The number of carbonyl (C=O) groups is 1. The second kappa shape index (κ2) is 8.32. The molecule has 0 saturated carbocycles. The average molecular weight is 402 g/mol. The Morgan fingerprint density at radius 2 is 1.64 bits per heavy atom. The molecular formula is C21H27N3O3S. The van der Waals surface area contributed by atoms with E-state index < -0.39 is 10.0 Å². The normalized spacial score (nSPS) is 15.0. The molecule has 0 aromatic heterocycles. The van der Waals surface area contributed by atoms with Crippen LogP contribution in [0.25, 0.3) is 0 Å². The molecule has 1 heterocycles. The fourth-order valence-electron chi connectivity index (χ4n) is 3.46. The first-order valence-corrected chi connectivity index (χ1v) is 10.9. The molecule has 0 radical (unpaired) electrons. The van der Waals surface area contributed by atoms with Gasteiger partial charge in [0.25, 0.3) is 0 Å². The second-order valence-electron chi connectivity index (χ2n) is 7.25. The lowest BCUT2D eigenvalue weighted by Crippen LogP contribution is -2.51. The van der Waals surface area contributed by atoms with E-state index in [1.807, 2.05) is 25.1 Å². The van der Waals surface area contributed by atoms with Gasteiger partial charge in [-0.1, -0.05) is 30.3 Å². The Bertz CT molecular complexity index is 965. The highest BCUT2D eigenvalue weighted by atomic mass is 32.2. The van der Waals surface area contributed by atoms with E-state index in [2.05, 4.69) is 28.7 Å². The number of amides is 1. The van der Waals surface area contributed by atoms with Gasteiger partial charge in [-0.25, -0.2) is 13.1 Å². The number of nitrogens with one attached hydrogen (secondary N) is 1. The second-order valence-corrected chi connectivity index (χ2v) is 8.98. The van der Waals surface area contributed by atoms with Crippen molar-refractivity contribution in [2.75, 3.05) is 37.6 Å². The lowest BCUT2D eigenvalue weighted by Gasteiger charge is -2.36. The highest BCUT2D eigenvalue weighted by Gasteiger charge is 2.24. The molecule has 1 aliphatic rings. The molecule has 7 heteroatoms. The number of aryl methyl sites for hydroxylation is 3. The molecule has 0 unspecified atom stereocenters. The Hall–Kier alpha value is -2.38. The first-order valence-electron chi connectivity index (χ1n) is 9.43. The summed E-state index contributed by atoms with van der Waals surface area (Å²) < 4.78 is 27.6. The smallest absolute Gasteiger partial charge is 0.241 e. The summed E-state index contributed by atoms with van der Waals surface area (Å²) in [5.41, 5.74) is 3.93. The number of rotatable bonds is 5. The quantitative estimate of drug-likeness (QED) is 0.834. The molecule has 1 aliphatic heterocycles. The lowest BCUT2D eigenvalue weighted by atomic mass is 10.1. The molecular weight excluding hydrogens is 374 g/mol. The highest BCUT2D eigenvalue weighted by Crippen LogP contribution is 2.21. The van der Waals surface area contributed by atoms with Crippen molar-refractivity contribution in [3.63, 3.8) is 0 Å². The van der Waals surface area contributed by atoms with Crippen LogP contribution in [0.5, 0.6) is 0 Å². The summed E-state index contributed by atoms with van der Waals surface area (Å²) in [6, 6.07) is 13.5. The zero-order valence-electron chi connectivity index (χ0n) is 16.6. The standard InChI is InChI=1S/C21H27N3O3S/c1-16-8-9-18(3)20(14-16)28(26,27)22-15-21(25)24-12-10-23(11-13-24)19-7-5-4-6-17(19)2/h4-9,14,22H,10-13,15H2,1-3H3. The largest absolute Gasteiger partial charge is 0.368 e. The zero-order chi connectivity index (χ0) is 20.3. The summed E-state index contributed by atoms with van der Waals surface area (Å²) >= 11 is 0. The summed E-state index contributed by atoms with van der Waals surface area (Å²) in [6.45, 7) is 8.09. The minimum atomic E-state index is -3.71. The number of sulfonamides is 1. The minimum absolute atomic E-state index is 0.196. The molecule has 0 bridgehead atoms. The Morgan fingerprint density at radius 1 is 0.964 bits per heavy atom. The molecule has 2 aromatic rings.